The lowest BCUT2D eigenvalue weighted by molar-refractivity contribution is -0.136. The van der Waals surface area contributed by atoms with E-state index in [4.69, 9.17) is 0 Å². The zero-order chi connectivity index (χ0) is 21.7. The molecule has 0 saturated carbocycles. The molecule has 9 heteroatoms. The topological polar surface area (TPSA) is 113 Å². The van der Waals surface area contributed by atoms with E-state index in [1.54, 1.807) is 22.9 Å². The summed E-state index contributed by atoms with van der Waals surface area (Å²) in [6.45, 7) is 0.216. The van der Waals surface area contributed by atoms with Gasteiger partial charge in [-0.25, -0.2) is 0 Å². The van der Waals surface area contributed by atoms with Crippen LogP contribution in [0.4, 0.5) is 5.82 Å². The van der Waals surface area contributed by atoms with Crippen molar-refractivity contribution >= 4 is 40.3 Å². The number of rotatable bonds is 3. The SMILES string of the molecule is Cn1nc(NC(=O)c2ccc3c(c2)CN(C2CCC(=O)NC2=O)C3=O)c2ccccc21. The van der Waals surface area contributed by atoms with Crippen LogP contribution < -0.4 is 10.6 Å². The van der Waals surface area contributed by atoms with Gasteiger partial charge in [-0.1, -0.05) is 12.1 Å². The fourth-order valence-corrected chi connectivity index (χ4v) is 4.20. The molecule has 1 atom stereocenters. The van der Waals surface area contributed by atoms with Crippen LogP contribution in [-0.2, 0) is 23.2 Å². The van der Waals surface area contributed by atoms with Gasteiger partial charge in [0.1, 0.15) is 6.04 Å². The molecule has 1 saturated heterocycles. The number of anilines is 1. The molecule has 9 nitrogen and oxygen atoms in total. The van der Waals surface area contributed by atoms with Crippen molar-refractivity contribution in [1.82, 2.24) is 20.0 Å². The Balaban J connectivity index is 1.38. The maximum atomic E-state index is 12.9. The average Bonchev–Trinajstić information content (AvgIpc) is 3.25. The number of aromatic nitrogens is 2. The Kier molecular flexibility index (Phi) is 4.32. The number of imide groups is 1. The summed E-state index contributed by atoms with van der Waals surface area (Å²) in [5, 5.41) is 10.3. The second-order valence-corrected chi connectivity index (χ2v) is 7.72. The highest BCUT2D eigenvalue weighted by Crippen LogP contribution is 2.29. The molecule has 0 bridgehead atoms. The van der Waals surface area contributed by atoms with Gasteiger partial charge in [-0.3, -0.25) is 29.2 Å². The van der Waals surface area contributed by atoms with E-state index in [0.29, 0.717) is 28.9 Å². The third-order valence-electron chi connectivity index (χ3n) is 5.78. The maximum Gasteiger partial charge on any atom is 0.256 e. The highest BCUT2D eigenvalue weighted by atomic mass is 16.2. The van der Waals surface area contributed by atoms with Crippen LogP contribution in [0.5, 0.6) is 0 Å². The minimum atomic E-state index is -0.685. The first-order chi connectivity index (χ1) is 14.9. The Labute approximate surface area is 177 Å². The zero-order valence-corrected chi connectivity index (χ0v) is 16.7. The molecule has 156 valence electrons. The maximum absolute atomic E-state index is 12.9. The monoisotopic (exact) mass is 417 g/mol. The average molecular weight is 417 g/mol. The first-order valence-corrected chi connectivity index (χ1v) is 9.93. The number of piperidine rings is 1. The molecule has 2 N–H and O–H groups in total. The molecule has 1 fully saturated rings. The van der Waals surface area contributed by atoms with Gasteiger partial charge in [-0.2, -0.15) is 5.10 Å². The summed E-state index contributed by atoms with van der Waals surface area (Å²) in [4.78, 5) is 50.7. The lowest BCUT2D eigenvalue weighted by Gasteiger charge is -2.29. The number of nitrogens with one attached hydrogen (secondary N) is 2. The van der Waals surface area contributed by atoms with Crippen LogP contribution in [0.25, 0.3) is 10.9 Å². The number of carbonyl (C=O) groups is 4. The van der Waals surface area contributed by atoms with Gasteiger partial charge < -0.3 is 10.2 Å². The minimum absolute atomic E-state index is 0.197. The van der Waals surface area contributed by atoms with E-state index in [1.165, 1.54) is 4.90 Å². The van der Waals surface area contributed by atoms with Crippen LogP contribution >= 0.6 is 0 Å². The van der Waals surface area contributed by atoms with Crippen molar-refractivity contribution in [2.24, 2.45) is 7.05 Å². The van der Waals surface area contributed by atoms with E-state index >= 15 is 0 Å². The summed E-state index contributed by atoms with van der Waals surface area (Å²) in [5.74, 6) is -0.931. The molecule has 0 radical (unpaired) electrons. The number of para-hydroxylation sites is 1. The van der Waals surface area contributed by atoms with E-state index in [9.17, 15) is 19.2 Å². The predicted molar refractivity (Wildman–Crippen MR) is 111 cm³/mol. The van der Waals surface area contributed by atoms with E-state index in [0.717, 1.165) is 10.9 Å². The fourth-order valence-electron chi connectivity index (χ4n) is 4.20. The van der Waals surface area contributed by atoms with Gasteiger partial charge in [-0.15, -0.1) is 0 Å². The number of amides is 4. The summed E-state index contributed by atoms with van der Waals surface area (Å²) >= 11 is 0. The molecule has 2 aliphatic heterocycles. The largest absolute Gasteiger partial charge is 0.322 e. The molecule has 31 heavy (non-hydrogen) atoms. The summed E-state index contributed by atoms with van der Waals surface area (Å²) in [5.41, 5.74) is 2.43. The van der Waals surface area contributed by atoms with E-state index in [2.05, 4.69) is 15.7 Å². The van der Waals surface area contributed by atoms with E-state index in [1.807, 2.05) is 31.3 Å². The quantitative estimate of drug-likeness (QED) is 0.629. The third kappa shape index (κ3) is 3.14. The van der Waals surface area contributed by atoms with Crippen LogP contribution in [0.3, 0.4) is 0 Å². The Morgan fingerprint density at radius 1 is 1.16 bits per heavy atom. The summed E-state index contributed by atoms with van der Waals surface area (Å²) in [6, 6.07) is 11.8. The van der Waals surface area contributed by atoms with Crippen molar-refractivity contribution in [1.29, 1.82) is 0 Å². The van der Waals surface area contributed by atoms with Gasteiger partial charge in [0, 0.05) is 36.5 Å². The number of hydrogen-bond acceptors (Lipinski definition) is 5. The number of nitrogens with zero attached hydrogens (tertiary/aromatic N) is 3. The molecule has 1 unspecified atom stereocenters. The summed E-state index contributed by atoms with van der Waals surface area (Å²) in [7, 11) is 1.81. The van der Waals surface area contributed by atoms with Crippen LogP contribution in [0.1, 0.15) is 39.1 Å². The summed E-state index contributed by atoms with van der Waals surface area (Å²) in [6.07, 6.45) is 0.493. The Bertz CT molecular complexity index is 1280. The third-order valence-corrected chi connectivity index (χ3v) is 5.78. The molecule has 2 aliphatic rings. The standard InChI is InChI=1S/C22H19N5O4/c1-26-16-5-3-2-4-15(16)19(25-26)24-20(29)12-6-7-14-13(10-12)11-27(22(14)31)17-8-9-18(28)23-21(17)30/h2-7,10,17H,8-9,11H2,1H3,(H,23,28,30)(H,24,25,29). The minimum Gasteiger partial charge on any atom is -0.322 e. The lowest BCUT2D eigenvalue weighted by atomic mass is 10.0. The number of aryl methyl sites for hydroxylation is 1. The van der Waals surface area contributed by atoms with E-state index < -0.39 is 11.9 Å². The molecule has 0 spiro atoms. The fraction of sp³-hybridized carbons (Fsp3) is 0.227. The first-order valence-electron chi connectivity index (χ1n) is 9.93. The smallest absolute Gasteiger partial charge is 0.256 e. The molecule has 1 aromatic heterocycles. The van der Waals surface area contributed by atoms with Crippen LogP contribution in [-0.4, -0.2) is 44.4 Å². The van der Waals surface area contributed by atoms with Gasteiger partial charge in [0.2, 0.25) is 11.8 Å². The highest BCUT2D eigenvalue weighted by molar-refractivity contribution is 6.09. The Hall–Kier alpha value is -4.01. The predicted octanol–water partition coefficient (Wildman–Crippen LogP) is 1.59. The van der Waals surface area contributed by atoms with Gasteiger partial charge >= 0.3 is 0 Å². The van der Waals surface area contributed by atoms with Crippen molar-refractivity contribution in [3.8, 4) is 0 Å². The van der Waals surface area contributed by atoms with Gasteiger partial charge in [0.25, 0.3) is 11.8 Å². The van der Waals surface area contributed by atoms with Crippen molar-refractivity contribution in [2.45, 2.75) is 25.4 Å². The second-order valence-electron chi connectivity index (χ2n) is 7.72. The van der Waals surface area contributed by atoms with Crippen LogP contribution in [0, 0.1) is 0 Å². The number of benzene rings is 2. The number of hydrogen-bond donors (Lipinski definition) is 2. The molecular weight excluding hydrogens is 398 g/mol. The lowest BCUT2D eigenvalue weighted by Crippen LogP contribution is -2.52. The van der Waals surface area contributed by atoms with Crippen LogP contribution in [0.2, 0.25) is 0 Å². The van der Waals surface area contributed by atoms with E-state index in [-0.39, 0.29) is 30.7 Å². The van der Waals surface area contributed by atoms with Gasteiger partial charge in [0.15, 0.2) is 5.82 Å². The summed E-state index contributed by atoms with van der Waals surface area (Å²) < 4.78 is 1.70. The molecule has 2 aromatic carbocycles. The first kappa shape index (κ1) is 19.0. The highest BCUT2D eigenvalue weighted by Gasteiger charge is 2.39. The molecule has 0 aliphatic carbocycles. The van der Waals surface area contributed by atoms with Gasteiger partial charge in [-0.05, 0) is 42.3 Å². The molecular formula is C22H19N5O4. The van der Waals surface area contributed by atoms with Crippen molar-refractivity contribution in [3.05, 3.63) is 59.2 Å². The van der Waals surface area contributed by atoms with Crippen molar-refractivity contribution < 1.29 is 19.2 Å². The molecule has 3 aromatic rings. The van der Waals surface area contributed by atoms with Crippen molar-refractivity contribution in [2.75, 3.05) is 5.32 Å². The van der Waals surface area contributed by atoms with Crippen LogP contribution in [0.15, 0.2) is 42.5 Å². The zero-order valence-electron chi connectivity index (χ0n) is 16.7. The normalized spacial score (nSPS) is 18.3. The number of carbonyl (C=O) groups excluding carboxylic acids is 4. The molecule has 3 heterocycles. The molecule has 5 rings (SSSR count). The number of fused-ring (bicyclic) bond motifs is 2. The Morgan fingerprint density at radius 3 is 2.77 bits per heavy atom. The van der Waals surface area contributed by atoms with Gasteiger partial charge in [0.05, 0.1) is 5.52 Å². The Morgan fingerprint density at radius 2 is 1.97 bits per heavy atom. The van der Waals surface area contributed by atoms with Crippen molar-refractivity contribution in [3.63, 3.8) is 0 Å². The molecule has 4 amide bonds. The second kappa shape index (κ2) is 7.05.